The Balaban J connectivity index is 3.18. The molecule has 0 unspecified atom stereocenters. The smallest absolute Gasteiger partial charge is 0.155 e. The molecule has 0 saturated carbocycles. The molecule has 2 N–H and O–H groups in total. The van der Waals surface area contributed by atoms with Gasteiger partial charge in [-0.2, -0.15) is 0 Å². The third-order valence-corrected chi connectivity index (χ3v) is 10.7. The van der Waals surface area contributed by atoms with Crippen molar-refractivity contribution >= 4 is 22.2 Å². The molecule has 0 heterocycles. The third-order valence-electron chi connectivity index (χ3n) is 2.79. The molecule has 1 aromatic carbocycles. The molecule has 0 atom stereocenters. The maximum atomic E-state index is 5.98. The first kappa shape index (κ1) is 13.5. The van der Waals surface area contributed by atoms with Crippen molar-refractivity contribution in [1.29, 1.82) is 0 Å². The molecule has 0 aliphatic carbocycles. The Labute approximate surface area is 102 Å². The van der Waals surface area contributed by atoms with E-state index in [2.05, 4.69) is 67.3 Å². The first-order valence-corrected chi connectivity index (χ1v) is 12.4. The molecule has 0 fully saturated rings. The van der Waals surface area contributed by atoms with Crippen LogP contribution in [0, 0.1) is 0 Å². The van der Waals surface area contributed by atoms with E-state index in [0.29, 0.717) is 0 Å². The Morgan fingerprint density at radius 1 is 1.00 bits per heavy atom. The van der Waals surface area contributed by atoms with Crippen LogP contribution in [0.25, 0.3) is 0 Å². The number of nitrogens with two attached hydrogens (primary N) is 1. The molecule has 0 amide bonds. The van der Waals surface area contributed by atoms with Crippen molar-refractivity contribution in [2.24, 2.45) is 5.73 Å². The van der Waals surface area contributed by atoms with Crippen molar-refractivity contribution in [2.45, 2.75) is 32.7 Å². The van der Waals surface area contributed by atoms with Gasteiger partial charge in [-0.15, -0.1) is 0 Å². The van der Waals surface area contributed by atoms with Crippen LogP contribution in [0.15, 0.2) is 30.3 Å². The van der Waals surface area contributed by atoms with E-state index in [1.165, 1.54) is 5.69 Å². The van der Waals surface area contributed by atoms with Gasteiger partial charge in [0.1, 0.15) is 8.24 Å². The zero-order chi connectivity index (χ0) is 12.4. The van der Waals surface area contributed by atoms with E-state index in [0.717, 1.165) is 6.17 Å². The molecule has 1 rings (SSSR count). The van der Waals surface area contributed by atoms with Gasteiger partial charge in [0, 0.05) is 11.9 Å². The van der Waals surface area contributed by atoms with Crippen molar-refractivity contribution in [1.82, 2.24) is 0 Å². The first-order chi connectivity index (χ1) is 7.29. The number of rotatable bonds is 4. The van der Waals surface area contributed by atoms with Gasteiger partial charge in [-0.05, 0) is 12.1 Å². The molecule has 16 heavy (non-hydrogen) atoms. The van der Waals surface area contributed by atoms with Gasteiger partial charge >= 0.3 is 0 Å². The summed E-state index contributed by atoms with van der Waals surface area (Å²) in [4.78, 5) is 0. The largest absolute Gasteiger partial charge is 0.424 e. The molecule has 0 aliphatic rings. The van der Waals surface area contributed by atoms with Crippen molar-refractivity contribution in [3.63, 3.8) is 0 Å². The predicted octanol–water partition coefficient (Wildman–Crippen LogP) is 3.03. The van der Waals surface area contributed by atoms with Gasteiger partial charge in [-0.3, -0.25) is 0 Å². The highest BCUT2D eigenvalue weighted by atomic mass is 28.4. The van der Waals surface area contributed by atoms with Gasteiger partial charge in [0.15, 0.2) is 8.24 Å². The van der Waals surface area contributed by atoms with Crippen molar-refractivity contribution in [3.8, 4) is 0 Å². The lowest BCUT2D eigenvalue weighted by Crippen LogP contribution is -2.64. The molecule has 2 nitrogen and oxygen atoms in total. The summed E-state index contributed by atoms with van der Waals surface area (Å²) in [5.74, 6) is 0. The summed E-state index contributed by atoms with van der Waals surface area (Å²) in [6.07, 6.45) is 0.812. The highest BCUT2D eigenvalue weighted by Crippen LogP contribution is 2.27. The summed E-state index contributed by atoms with van der Waals surface area (Å²) < 4.78 is 2.67. The highest BCUT2D eigenvalue weighted by molar-refractivity contribution is 6.99. The number of para-hydroxylation sites is 1. The Kier molecular flexibility index (Phi) is 3.99. The molecule has 0 aromatic heterocycles. The van der Waals surface area contributed by atoms with E-state index in [1.807, 2.05) is 0 Å². The van der Waals surface area contributed by atoms with E-state index in [1.54, 1.807) is 0 Å². The Hall–Kier alpha value is -0.586. The molecular formula is C12H24N2Si2. The Morgan fingerprint density at radius 2 is 1.50 bits per heavy atom. The van der Waals surface area contributed by atoms with Crippen molar-refractivity contribution in [3.05, 3.63) is 30.3 Å². The zero-order valence-electron chi connectivity index (χ0n) is 11.1. The lowest BCUT2D eigenvalue weighted by molar-refractivity contribution is 1.22. The summed E-state index contributed by atoms with van der Waals surface area (Å²) in [6, 6.07) is 10.7. The maximum absolute atomic E-state index is 5.98. The lowest BCUT2D eigenvalue weighted by Gasteiger charge is -2.47. The van der Waals surface area contributed by atoms with Crippen LogP contribution in [0.2, 0.25) is 32.7 Å². The standard InChI is InChI=1S/C12H24N2Si2/c1-15(2,3)14(16(4,5)11-13)12-9-7-6-8-10-12/h6-10H,11,13H2,1-5H3. The number of nitrogens with zero attached hydrogens (tertiary/aromatic N) is 1. The molecule has 0 saturated heterocycles. The van der Waals surface area contributed by atoms with Crippen molar-refractivity contribution in [2.75, 3.05) is 10.4 Å². The fraction of sp³-hybridized carbons (Fsp3) is 0.500. The van der Waals surface area contributed by atoms with E-state index >= 15 is 0 Å². The number of benzene rings is 1. The van der Waals surface area contributed by atoms with E-state index in [4.69, 9.17) is 5.73 Å². The second kappa shape index (κ2) is 4.73. The fourth-order valence-electron chi connectivity index (χ4n) is 2.31. The summed E-state index contributed by atoms with van der Waals surface area (Å²) in [5.41, 5.74) is 7.33. The van der Waals surface area contributed by atoms with Crippen molar-refractivity contribution < 1.29 is 0 Å². The molecule has 0 bridgehead atoms. The van der Waals surface area contributed by atoms with Gasteiger partial charge in [0.25, 0.3) is 0 Å². The fourth-order valence-corrected chi connectivity index (χ4v) is 11.8. The van der Waals surface area contributed by atoms with Gasteiger partial charge in [0.05, 0.1) is 0 Å². The number of hydrogen-bond donors (Lipinski definition) is 1. The quantitative estimate of drug-likeness (QED) is 0.835. The number of hydrogen-bond acceptors (Lipinski definition) is 2. The minimum Gasteiger partial charge on any atom is -0.424 e. The topological polar surface area (TPSA) is 29.3 Å². The minimum atomic E-state index is -1.51. The normalized spacial score (nSPS) is 12.6. The minimum absolute atomic E-state index is 0.812. The summed E-state index contributed by atoms with van der Waals surface area (Å²) in [6.45, 7) is 11.9. The van der Waals surface area contributed by atoms with Gasteiger partial charge in [0.2, 0.25) is 0 Å². The van der Waals surface area contributed by atoms with Crippen LogP contribution in [-0.4, -0.2) is 22.6 Å². The summed E-state index contributed by atoms with van der Waals surface area (Å²) in [7, 11) is -2.88. The Morgan fingerprint density at radius 3 is 1.88 bits per heavy atom. The second-order valence-electron chi connectivity index (χ2n) is 5.86. The lowest BCUT2D eigenvalue weighted by atomic mass is 10.3. The molecule has 0 radical (unpaired) electrons. The first-order valence-electron chi connectivity index (χ1n) is 5.84. The monoisotopic (exact) mass is 252 g/mol. The van der Waals surface area contributed by atoms with Crippen LogP contribution >= 0.6 is 0 Å². The highest BCUT2D eigenvalue weighted by Gasteiger charge is 2.36. The van der Waals surface area contributed by atoms with Crippen LogP contribution in [0.5, 0.6) is 0 Å². The molecule has 0 aliphatic heterocycles. The zero-order valence-corrected chi connectivity index (χ0v) is 13.1. The van der Waals surface area contributed by atoms with Crippen LogP contribution in [0.1, 0.15) is 0 Å². The van der Waals surface area contributed by atoms with Crippen LogP contribution < -0.4 is 9.96 Å². The van der Waals surface area contributed by atoms with E-state index in [-0.39, 0.29) is 0 Å². The van der Waals surface area contributed by atoms with Gasteiger partial charge in [-0.1, -0.05) is 50.9 Å². The molecule has 4 heteroatoms. The second-order valence-corrected chi connectivity index (χ2v) is 15.6. The summed E-state index contributed by atoms with van der Waals surface area (Å²) >= 11 is 0. The Bertz CT molecular complexity index is 331. The average molecular weight is 253 g/mol. The molecule has 0 spiro atoms. The number of anilines is 1. The SMILES string of the molecule is C[Si](C)(C)N(c1ccccc1)[Si](C)(C)CN. The molecule has 1 aromatic rings. The molecular weight excluding hydrogens is 228 g/mol. The van der Waals surface area contributed by atoms with Gasteiger partial charge < -0.3 is 9.96 Å². The van der Waals surface area contributed by atoms with Gasteiger partial charge in [-0.25, -0.2) is 0 Å². The summed E-state index contributed by atoms with van der Waals surface area (Å²) in [5, 5.41) is 0. The predicted molar refractivity (Wildman–Crippen MR) is 78.8 cm³/mol. The van der Waals surface area contributed by atoms with Crippen LogP contribution in [-0.2, 0) is 0 Å². The van der Waals surface area contributed by atoms with Crippen LogP contribution in [0.3, 0.4) is 0 Å². The van der Waals surface area contributed by atoms with E-state index in [9.17, 15) is 0 Å². The third kappa shape index (κ3) is 2.96. The maximum Gasteiger partial charge on any atom is 0.155 e. The molecule has 90 valence electrons. The van der Waals surface area contributed by atoms with Crippen LogP contribution in [0.4, 0.5) is 5.69 Å². The average Bonchev–Trinajstić information content (AvgIpc) is 2.17. The van der Waals surface area contributed by atoms with E-state index < -0.39 is 16.5 Å².